The molecule has 0 aliphatic carbocycles. The van der Waals surface area contributed by atoms with E-state index in [-0.39, 0.29) is 23.1 Å². The fourth-order valence-electron chi connectivity index (χ4n) is 3.11. The Hall–Kier alpha value is -2.05. The number of hydrogen-bond donors (Lipinski definition) is 1. The lowest BCUT2D eigenvalue weighted by Crippen LogP contribution is -2.35. The van der Waals surface area contributed by atoms with E-state index in [1.165, 1.54) is 4.90 Å². The van der Waals surface area contributed by atoms with Crippen LogP contribution in [-0.2, 0) is 17.8 Å². The highest BCUT2D eigenvalue weighted by molar-refractivity contribution is 7.98. The average molecular weight is 372 g/mol. The maximum Gasteiger partial charge on any atom is 0.263 e. The number of rotatable bonds is 6. The topological polar surface area (TPSA) is 60.3 Å². The first kappa shape index (κ1) is 18.7. The first-order chi connectivity index (χ1) is 12.6. The van der Waals surface area contributed by atoms with Crippen molar-refractivity contribution in [1.82, 2.24) is 9.88 Å². The van der Waals surface area contributed by atoms with Gasteiger partial charge in [0.15, 0.2) is 0 Å². The summed E-state index contributed by atoms with van der Waals surface area (Å²) in [4.78, 5) is 26.5. The molecule has 1 aromatic carbocycles. The van der Waals surface area contributed by atoms with Gasteiger partial charge in [-0.1, -0.05) is 12.1 Å². The summed E-state index contributed by atoms with van der Waals surface area (Å²) in [6, 6.07) is 9.83. The van der Waals surface area contributed by atoms with E-state index in [1.807, 2.05) is 36.6 Å². The van der Waals surface area contributed by atoms with Gasteiger partial charge in [-0.3, -0.25) is 9.59 Å². The number of aromatic nitrogens is 1. The van der Waals surface area contributed by atoms with Gasteiger partial charge in [0.1, 0.15) is 5.56 Å². The zero-order chi connectivity index (χ0) is 18.5. The molecule has 1 aromatic heterocycles. The molecule has 2 heterocycles. The quantitative estimate of drug-likeness (QED) is 0.792. The van der Waals surface area contributed by atoms with Crippen molar-refractivity contribution in [3.05, 3.63) is 63.6 Å². The van der Waals surface area contributed by atoms with Crippen LogP contribution in [0.2, 0.25) is 0 Å². The number of carbonyl (C=O) groups excluding carboxylic acids is 1. The third-order valence-corrected chi connectivity index (χ3v) is 5.38. The summed E-state index contributed by atoms with van der Waals surface area (Å²) in [7, 11) is 0. The van der Waals surface area contributed by atoms with E-state index in [0.717, 1.165) is 25.0 Å². The molecule has 0 saturated carbocycles. The largest absolute Gasteiger partial charge is 0.376 e. The Morgan fingerprint density at radius 1 is 1.31 bits per heavy atom. The van der Waals surface area contributed by atoms with E-state index in [4.69, 9.17) is 4.74 Å². The molecule has 1 N–H and O–H groups in total. The Labute approximate surface area is 157 Å². The number of amides is 1. The highest BCUT2D eigenvalue weighted by atomic mass is 32.2. The van der Waals surface area contributed by atoms with Crippen molar-refractivity contribution in [3.8, 4) is 0 Å². The van der Waals surface area contributed by atoms with Gasteiger partial charge in [0.2, 0.25) is 0 Å². The van der Waals surface area contributed by atoms with E-state index in [9.17, 15) is 9.59 Å². The van der Waals surface area contributed by atoms with E-state index in [0.29, 0.717) is 18.7 Å². The van der Waals surface area contributed by atoms with E-state index >= 15 is 0 Å². The van der Waals surface area contributed by atoms with Gasteiger partial charge in [-0.2, -0.15) is 0 Å². The molecule has 1 amide bonds. The van der Waals surface area contributed by atoms with Crippen LogP contribution >= 0.6 is 11.8 Å². The molecule has 0 spiro atoms. The molecule has 5 nitrogen and oxygen atoms in total. The van der Waals surface area contributed by atoms with Crippen LogP contribution in [0.1, 0.15) is 34.3 Å². The third-order valence-electron chi connectivity index (χ3n) is 4.64. The lowest BCUT2D eigenvalue weighted by molar-refractivity contribution is 0.0928. The minimum atomic E-state index is -0.330. The SMILES string of the molecule is CSc1ccc(CNC(=O)c2c(C)ccn(CC3CCCO3)c2=O)cc1. The van der Waals surface area contributed by atoms with Gasteiger partial charge in [-0.05, 0) is 55.3 Å². The zero-order valence-corrected chi connectivity index (χ0v) is 16.0. The summed E-state index contributed by atoms with van der Waals surface area (Å²) >= 11 is 1.68. The summed E-state index contributed by atoms with van der Waals surface area (Å²) in [5.74, 6) is -0.330. The highest BCUT2D eigenvalue weighted by Gasteiger charge is 2.20. The van der Waals surface area contributed by atoms with E-state index in [2.05, 4.69) is 5.32 Å². The maximum atomic E-state index is 12.8. The number of hydrogen-bond acceptors (Lipinski definition) is 4. The van der Waals surface area contributed by atoms with Crippen molar-refractivity contribution in [2.45, 2.75) is 43.9 Å². The summed E-state index contributed by atoms with van der Waals surface area (Å²) in [5.41, 5.74) is 1.65. The number of aryl methyl sites for hydroxylation is 1. The number of benzene rings is 1. The first-order valence-electron chi connectivity index (χ1n) is 8.81. The number of carbonyl (C=O) groups is 1. The number of ether oxygens (including phenoxy) is 1. The molecule has 1 unspecified atom stereocenters. The molecule has 138 valence electrons. The van der Waals surface area contributed by atoms with Crippen molar-refractivity contribution < 1.29 is 9.53 Å². The van der Waals surface area contributed by atoms with Crippen molar-refractivity contribution in [1.29, 1.82) is 0 Å². The van der Waals surface area contributed by atoms with Gasteiger partial charge >= 0.3 is 0 Å². The van der Waals surface area contributed by atoms with Crippen molar-refractivity contribution in [3.63, 3.8) is 0 Å². The molecule has 3 rings (SSSR count). The van der Waals surface area contributed by atoms with Crippen LogP contribution < -0.4 is 10.9 Å². The molecule has 0 radical (unpaired) electrons. The van der Waals surface area contributed by atoms with Crippen LogP contribution in [-0.4, -0.2) is 29.4 Å². The highest BCUT2D eigenvalue weighted by Crippen LogP contribution is 2.15. The molecule has 0 bridgehead atoms. The Bertz CT molecular complexity index is 824. The standard InChI is InChI=1S/C20H24N2O3S/c1-14-9-10-22(13-16-4-3-11-25-16)20(24)18(14)19(23)21-12-15-5-7-17(26-2)8-6-15/h5-10,16H,3-4,11-13H2,1-2H3,(H,21,23). The molecule has 1 fully saturated rings. The summed E-state index contributed by atoms with van der Waals surface area (Å²) in [6.45, 7) is 3.43. The van der Waals surface area contributed by atoms with Gasteiger partial charge in [0, 0.05) is 24.2 Å². The van der Waals surface area contributed by atoms with Gasteiger partial charge in [-0.15, -0.1) is 11.8 Å². The maximum absolute atomic E-state index is 12.8. The van der Waals surface area contributed by atoms with Crippen molar-refractivity contribution in [2.24, 2.45) is 0 Å². The summed E-state index contributed by atoms with van der Waals surface area (Å²) < 4.78 is 7.19. The average Bonchev–Trinajstić information content (AvgIpc) is 3.16. The predicted octanol–water partition coefficient (Wildman–Crippen LogP) is 2.99. The summed E-state index contributed by atoms with van der Waals surface area (Å²) in [5, 5.41) is 2.86. The second kappa shape index (κ2) is 8.56. The van der Waals surface area contributed by atoms with Crippen molar-refractivity contribution in [2.75, 3.05) is 12.9 Å². The Morgan fingerprint density at radius 3 is 2.73 bits per heavy atom. The number of thioether (sulfide) groups is 1. The van der Waals surface area contributed by atoms with Crippen molar-refractivity contribution >= 4 is 17.7 Å². The smallest absolute Gasteiger partial charge is 0.263 e. The molecular formula is C20H24N2O3S. The molecule has 1 atom stereocenters. The van der Waals surface area contributed by atoms with Gasteiger partial charge in [-0.25, -0.2) is 0 Å². The van der Waals surface area contributed by atoms with Gasteiger partial charge in [0.25, 0.3) is 11.5 Å². The monoisotopic (exact) mass is 372 g/mol. The molecule has 6 heteroatoms. The molecule has 1 saturated heterocycles. The minimum Gasteiger partial charge on any atom is -0.376 e. The second-order valence-corrected chi connectivity index (χ2v) is 7.38. The minimum absolute atomic E-state index is 0.0567. The number of nitrogens with zero attached hydrogens (tertiary/aromatic N) is 1. The van der Waals surface area contributed by atoms with E-state index in [1.54, 1.807) is 29.4 Å². The van der Waals surface area contributed by atoms with Gasteiger partial charge in [0.05, 0.1) is 12.6 Å². The molecule has 1 aliphatic heterocycles. The molecule has 1 aliphatic rings. The number of pyridine rings is 1. The number of nitrogens with one attached hydrogen (secondary N) is 1. The zero-order valence-electron chi connectivity index (χ0n) is 15.2. The lowest BCUT2D eigenvalue weighted by Gasteiger charge is -2.14. The van der Waals surface area contributed by atoms with E-state index < -0.39 is 0 Å². The Balaban J connectivity index is 1.72. The van der Waals surface area contributed by atoms with Crippen LogP contribution in [0.5, 0.6) is 0 Å². The second-order valence-electron chi connectivity index (χ2n) is 6.50. The Kier molecular flexibility index (Phi) is 6.16. The summed E-state index contributed by atoms with van der Waals surface area (Å²) in [6.07, 6.45) is 5.80. The fourth-order valence-corrected chi connectivity index (χ4v) is 3.52. The predicted molar refractivity (Wildman–Crippen MR) is 104 cm³/mol. The lowest BCUT2D eigenvalue weighted by atomic mass is 10.1. The first-order valence-corrected chi connectivity index (χ1v) is 10.0. The molecular weight excluding hydrogens is 348 g/mol. The molecule has 26 heavy (non-hydrogen) atoms. The fraction of sp³-hybridized carbons (Fsp3) is 0.400. The normalized spacial score (nSPS) is 16.6. The van der Waals surface area contributed by atoms with Crippen LogP contribution in [0.3, 0.4) is 0 Å². The van der Waals surface area contributed by atoms with Gasteiger partial charge < -0.3 is 14.6 Å². The molecule has 2 aromatic rings. The van der Waals surface area contributed by atoms with Crippen LogP contribution in [0.15, 0.2) is 46.2 Å². The Morgan fingerprint density at radius 2 is 2.08 bits per heavy atom. The van der Waals surface area contributed by atoms with Crippen LogP contribution in [0, 0.1) is 6.92 Å². The third kappa shape index (κ3) is 4.37. The van der Waals surface area contributed by atoms with Crippen LogP contribution in [0.4, 0.5) is 0 Å². The van der Waals surface area contributed by atoms with Crippen LogP contribution in [0.25, 0.3) is 0 Å².